The molecule has 0 saturated carbocycles. The van der Waals surface area contributed by atoms with Crippen molar-refractivity contribution in [3.8, 4) is 0 Å². The van der Waals surface area contributed by atoms with Crippen LogP contribution in [0.4, 0.5) is 0 Å². The van der Waals surface area contributed by atoms with Crippen LogP contribution in [0, 0.1) is 13.8 Å². The summed E-state index contributed by atoms with van der Waals surface area (Å²) in [6.07, 6.45) is 2.60. The maximum Gasteiger partial charge on any atom is 0.0211 e. The van der Waals surface area contributed by atoms with Crippen molar-refractivity contribution in [3.05, 3.63) is 34.9 Å². The average molecular weight is 218 g/mol. The van der Waals surface area contributed by atoms with Gasteiger partial charge in [-0.05, 0) is 44.4 Å². The first kappa shape index (κ1) is 11.6. The zero-order chi connectivity index (χ0) is 11.4. The van der Waals surface area contributed by atoms with Gasteiger partial charge in [-0.15, -0.1) is 0 Å². The molecule has 1 aliphatic rings. The second-order valence-electron chi connectivity index (χ2n) is 4.85. The summed E-state index contributed by atoms with van der Waals surface area (Å²) in [5.41, 5.74) is 4.18. The van der Waals surface area contributed by atoms with Gasteiger partial charge in [0.05, 0.1) is 0 Å². The van der Waals surface area contributed by atoms with Crippen molar-refractivity contribution in [3.63, 3.8) is 0 Å². The van der Waals surface area contributed by atoms with Gasteiger partial charge < -0.3 is 10.6 Å². The molecule has 2 N–H and O–H groups in total. The van der Waals surface area contributed by atoms with Crippen molar-refractivity contribution < 1.29 is 0 Å². The minimum absolute atomic E-state index is 0.647. The monoisotopic (exact) mass is 218 g/mol. The smallest absolute Gasteiger partial charge is 0.0211 e. The molecule has 0 spiro atoms. The minimum Gasteiger partial charge on any atom is -0.315 e. The lowest BCUT2D eigenvalue weighted by Crippen LogP contribution is -2.42. The van der Waals surface area contributed by atoms with E-state index in [4.69, 9.17) is 0 Å². The van der Waals surface area contributed by atoms with Crippen LogP contribution in [0.2, 0.25) is 0 Å². The van der Waals surface area contributed by atoms with Crippen LogP contribution < -0.4 is 10.6 Å². The summed E-state index contributed by atoms with van der Waals surface area (Å²) in [6, 6.07) is 7.33. The van der Waals surface area contributed by atoms with Crippen LogP contribution in [0.25, 0.3) is 0 Å². The predicted molar refractivity (Wildman–Crippen MR) is 68.6 cm³/mol. The van der Waals surface area contributed by atoms with Gasteiger partial charge in [-0.2, -0.15) is 0 Å². The SMILES string of the molecule is Cc1ccc(C)c(CNC2CCCNC2)c1. The van der Waals surface area contributed by atoms with Gasteiger partial charge in [0.15, 0.2) is 0 Å². The fourth-order valence-electron chi connectivity index (χ4n) is 2.27. The molecule has 16 heavy (non-hydrogen) atoms. The van der Waals surface area contributed by atoms with Crippen molar-refractivity contribution in [1.29, 1.82) is 0 Å². The molecule has 1 unspecified atom stereocenters. The topological polar surface area (TPSA) is 24.1 Å². The van der Waals surface area contributed by atoms with Crippen LogP contribution in [-0.2, 0) is 6.54 Å². The van der Waals surface area contributed by atoms with Gasteiger partial charge in [0.1, 0.15) is 0 Å². The summed E-state index contributed by atoms with van der Waals surface area (Å²) in [4.78, 5) is 0. The van der Waals surface area contributed by atoms with Crippen molar-refractivity contribution in [2.75, 3.05) is 13.1 Å². The molecule has 1 fully saturated rings. The number of benzene rings is 1. The zero-order valence-electron chi connectivity index (χ0n) is 10.3. The highest BCUT2D eigenvalue weighted by atomic mass is 15.0. The van der Waals surface area contributed by atoms with Gasteiger partial charge in [-0.1, -0.05) is 23.8 Å². The summed E-state index contributed by atoms with van der Waals surface area (Å²) in [7, 11) is 0. The summed E-state index contributed by atoms with van der Waals surface area (Å²) in [5.74, 6) is 0. The molecule has 88 valence electrons. The highest BCUT2D eigenvalue weighted by Crippen LogP contribution is 2.11. The highest BCUT2D eigenvalue weighted by molar-refractivity contribution is 5.30. The van der Waals surface area contributed by atoms with Crippen LogP contribution >= 0.6 is 0 Å². The van der Waals surface area contributed by atoms with Gasteiger partial charge >= 0.3 is 0 Å². The molecule has 1 atom stereocenters. The summed E-state index contributed by atoms with van der Waals surface area (Å²) in [5, 5.41) is 7.08. The predicted octanol–water partition coefficient (Wildman–Crippen LogP) is 2.15. The van der Waals surface area contributed by atoms with Gasteiger partial charge in [0, 0.05) is 19.1 Å². The summed E-state index contributed by atoms with van der Waals surface area (Å²) in [6.45, 7) is 7.65. The first-order valence-corrected chi connectivity index (χ1v) is 6.26. The Labute approximate surface area is 98.4 Å². The van der Waals surface area contributed by atoms with Crippen molar-refractivity contribution >= 4 is 0 Å². The molecule has 2 heteroatoms. The van der Waals surface area contributed by atoms with Crippen LogP contribution in [0.15, 0.2) is 18.2 Å². The summed E-state index contributed by atoms with van der Waals surface area (Å²) >= 11 is 0. The third-order valence-corrected chi connectivity index (χ3v) is 3.38. The first-order valence-electron chi connectivity index (χ1n) is 6.26. The molecule has 0 aromatic heterocycles. The van der Waals surface area contributed by atoms with E-state index in [1.807, 2.05) is 0 Å². The second kappa shape index (κ2) is 5.46. The van der Waals surface area contributed by atoms with Gasteiger partial charge in [0.25, 0.3) is 0 Å². The highest BCUT2D eigenvalue weighted by Gasteiger charge is 2.12. The van der Waals surface area contributed by atoms with Gasteiger partial charge in [-0.25, -0.2) is 0 Å². The Morgan fingerprint density at radius 3 is 3.00 bits per heavy atom. The number of nitrogens with one attached hydrogen (secondary N) is 2. The summed E-state index contributed by atoms with van der Waals surface area (Å²) < 4.78 is 0. The Bertz CT molecular complexity index is 341. The number of piperidine rings is 1. The largest absolute Gasteiger partial charge is 0.315 e. The molecule has 0 aliphatic carbocycles. The Morgan fingerprint density at radius 1 is 1.38 bits per heavy atom. The van der Waals surface area contributed by atoms with E-state index < -0.39 is 0 Å². The van der Waals surface area contributed by atoms with Crippen molar-refractivity contribution in [1.82, 2.24) is 10.6 Å². The lowest BCUT2D eigenvalue weighted by molar-refractivity contribution is 0.389. The zero-order valence-corrected chi connectivity index (χ0v) is 10.3. The molecule has 1 aromatic carbocycles. The maximum absolute atomic E-state index is 3.64. The third-order valence-electron chi connectivity index (χ3n) is 3.38. The first-order chi connectivity index (χ1) is 7.75. The maximum atomic E-state index is 3.64. The molecule has 1 heterocycles. The number of hydrogen-bond donors (Lipinski definition) is 2. The van der Waals surface area contributed by atoms with Crippen molar-refractivity contribution in [2.45, 2.75) is 39.3 Å². The Morgan fingerprint density at radius 2 is 2.25 bits per heavy atom. The van der Waals surface area contributed by atoms with Crippen molar-refractivity contribution in [2.24, 2.45) is 0 Å². The van der Waals surface area contributed by atoms with Crippen LogP contribution in [0.1, 0.15) is 29.5 Å². The molecule has 0 bridgehead atoms. The van der Waals surface area contributed by atoms with Crippen LogP contribution in [-0.4, -0.2) is 19.1 Å². The van der Waals surface area contributed by atoms with Crippen LogP contribution in [0.3, 0.4) is 0 Å². The minimum atomic E-state index is 0.647. The van der Waals surface area contributed by atoms with E-state index in [2.05, 4.69) is 42.7 Å². The average Bonchev–Trinajstić information content (AvgIpc) is 2.32. The fourth-order valence-corrected chi connectivity index (χ4v) is 2.27. The molecule has 1 aromatic rings. The molecule has 0 radical (unpaired) electrons. The molecule has 1 aliphatic heterocycles. The molecule has 2 nitrogen and oxygen atoms in total. The van der Waals surface area contributed by atoms with E-state index in [0.29, 0.717) is 6.04 Å². The standard InChI is InChI=1S/C14H22N2/c1-11-5-6-12(2)13(8-11)9-16-14-4-3-7-15-10-14/h5-6,8,14-16H,3-4,7,9-10H2,1-2H3. The second-order valence-corrected chi connectivity index (χ2v) is 4.85. The van der Waals surface area contributed by atoms with E-state index in [1.54, 1.807) is 0 Å². The molecule has 2 rings (SSSR count). The number of rotatable bonds is 3. The van der Waals surface area contributed by atoms with Crippen LogP contribution in [0.5, 0.6) is 0 Å². The van der Waals surface area contributed by atoms with E-state index in [0.717, 1.165) is 13.1 Å². The van der Waals surface area contributed by atoms with Gasteiger partial charge in [-0.3, -0.25) is 0 Å². The normalized spacial score (nSPS) is 21.0. The lowest BCUT2D eigenvalue weighted by Gasteiger charge is -2.24. The number of aryl methyl sites for hydroxylation is 2. The van der Waals surface area contributed by atoms with E-state index in [-0.39, 0.29) is 0 Å². The fraction of sp³-hybridized carbons (Fsp3) is 0.571. The third kappa shape index (κ3) is 3.06. The molecular formula is C14H22N2. The Balaban J connectivity index is 1.90. The van der Waals surface area contributed by atoms with Gasteiger partial charge in [0.2, 0.25) is 0 Å². The van der Waals surface area contributed by atoms with E-state index in [1.165, 1.54) is 36.1 Å². The van der Waals surface area contributed by atoms with E-state index in [9.17, 15) is 0 Å². The molecular weight excluding hydrogens is 196 g/mol. The Kier molecular flexibility index (Phi) is 3.97. The van der Waals surface area contributed by atoms with E-state index >= 15 is 0 Å². The molecule has 0 amide bonds. The molecule has 1 saturated heterocycles. The number of hydrogen-bond acceptors (Lipinski definition) is 2. The quantitative estimate of drug-likeness (QED) is 0.812. The Hall–Kier alpha value is -0.860. The lowest BCUT2D eigenvalue weighted by atomic mass is 10.0.